The molecule has 0 bridgehead atoms. The van der Waals surface area contributed by atoms with Gasteiger partial charge in [0.05, 0.1) is 12.0 Å². The monoisotopic (exact) mass is 264 g/mol. The molecule has 1 aliphatic heterocycles. The summed E-state index contributed by atoms with van der Waals surface area (Å²) in [7, 11) is 1.34. The van der Waals surface area contributed by atoms with E-state index in [4.69, 9.17) is 4.74 Å². The van der Waals surface area contributed by atoms with E-state index in [-0.39, 0.29) is 11.7 Å². The molecule has 1 saturated heterocycles. The number of methoxy groups -OCH3 is 1. The number of nitro groups is 1. The van der Waals surface area contributed by atoms with Crippen molar-refractivity contribution in [3.05, 3.63) is 33.9 Å². The molecule has 0 saturated carbocycles. The second-order valence-corrected chi connectivity index (χ2v) is 4.62. The van der Waals surface area contributed by atoms with E-state index in [1.165, 1.54) is 13.2 Å². The molecule has 6 nitrogen and oxygen atoms in total. The van der Waals surface area contributed by atoms with Gasteiger partial charge in [0.15, 0.2) is 0 Å². The van der Waals surface area contributed by atoms with Gasteiger partial charge >= 0.3 is 5.97 Å². The van der Waals surface area contributed by atoms with E-state index in [0.717, 1.165) is 12.0 Å². The minimum atomic E-state index is -0.425. The molecule has 0 spiro atoms. The molecule has 0 amide bonds. The Morgan fingerprint density at radius 2 is 2.26 bits per heavy atom. The average molecular weight is 264 g/mol. The van der Waals surface area contributed by atoms with Crippen LogP contribution in [0.4, 0.5) is 11.4 Å². The Labute approximate surface area is 111 Å². The Morgan fingerprint density at radius 1 is 1.53 bits per heavy atom. The van der Waals surface area contributed by atoms with Gasteiger partial charge < -0.3 is 9.64 Å². The molecule has 6 heteroatoms. The van der Waals surface area contributed by atoms with E-state index in [1.807, 2.05) is 6.92 Å². The van der Waals surface area contributed by atoms with E-state index < -0.39 is 11.0 Å². The van der Waals surface area contributed by atoms with Gasteiger partial charge in [0.1, 0.15) is 11.7 Å². The lowest BCUT2D eigenvalue weighted by molar-refractivity contribution is -0.384. The van der Waals surface area contributed by atoms with Crippen LogP contribution < -0.4 is 4.90 Å². The molecular weight excluding hydrogens is 248 g/mol. The molecule has 0 radical (unpaired) electrons. The maximum absolute atomic E-state index is 11.7. The van der Waals surface area contributed by atoms with Crippen LogP contribution in [-0.4, -0.2) is 30.6 Å². The smallest absolute Gasteiger partial charge is 0.328 e. The van der Waals surface area contributed by atoms with Crippen LogP contribution in [0.15, 0.2) is 18.2 Å². The molecule has 1 aromatic rings. The second-order valence-electron chi connectivity index (χ2n) is 4.62. The Bertz CT molecular complexity index is 515. The molecule has 0 N–H and O–H groups in total. The van der Waals surface area contributed by atoms with Crippen molar-refractivity contribution in [2.24, 2.45) is 0 Å². The number of benzene rings is 1. The number of rotatable bonds is 3. The quantitative estimate of drug-likeness (QED) is 0.474. The molecule has 1 unspecified atom stereocenters. The minimum absolute atomic E-state index is 0.0291. The summed E-state index contributed by atoms with van der Waals surface area (Å²) >= 11 is 0. The van der Waals surface area contributed by atoms with Gasteiger partial charge in [-0.15, -0.1) is 0 Å². The fourth-order valence-electron chi connectivity index (χ4n) is 2.45. The first-order valence-corrected chi connectivity index (χ1v) is 6.14. The number of carbonyl (C=O) groups is 1. The van der Waals surface area contributed by atoms with Crippen LogP contribution in [-0.2, 0) is 9.53 Å². The van der Waals surface area contributed by atoms with Gasteiger partial charge in [-0.25, -0.2) is 4.79 Å². The lowest BCUT2D eigenvalue weighted by Crippen LogP contribution is -2.37. The SMILES string of the molecule is COC(=O)C1CCCN1c1cc(C)ccc1[N+](=O)[O-]. The molecule has 1 atom stereocenters. The average Bonchev–Trinajstić information content (AvgIpc) is 2.86. The predicted molar refractivity (Wildman–Crippen MR) is 70.2 cm³/mol. The van der Waals surface area contributed by atoms with Crippen molar-refractivity contribution in [1.29, 1.82) is 0 Å². The summed E-state index contributed by atoms with van der Waals surface area (Å²) in [4.78, 5) is 24.2. The summed E-state index contributed by atoms with van der Waals surface area (Å²) in [5.74, 6) is -0.340. The molecule has 1 aliphatic rings. The predicted octanol–water partition coefficient (Wildman–Crippen LogP) is 2.05. The Morgan fingerprint density at radius 3 is 2.89 bits per heavy atom. The summed E-state index contributed by atoms with van der Waals surface area (Å²) in [5, 5.41) is 11.1. The van der Waals surface area contributed by atoms with Crippen LogP contribution >= 0.6 is 0 Å². The maximum Gasteiger partial charge on any atom is 0.328 e. The Balaban J connectivity index is 2.42. The minimum Gasteiger partial charge on any atom is -0.467 e. The van der Waals surface area contributed by atoms with Crippen molar-refractivity contribution in [1.82, 2.24) is 0 Å². The molecule has 1 fully saturated rings. The van der Waals surface area contributed by atoms with E-state index >= 15 is 0 Å². The molecule has 0 aromatic heterocycles. The third-order valence-electron chi connectivity index (χ3n) is 3.36. The summed E-state index contributed by atoms with van der Waals surface area (Å²) < 4.78 is 4.77. The molecule has 2 rings (SSSR count). The van der Waals surface area contributed by atoms with Gasteiger partial charge in [0.25, 0.3) is 5.69 Å². The summed E-state index contributed by atoms with van der Waals surface area (Å²) in [5.41, 5.74) is 1.45. The highest BCUT2D eigenvalue weighted by molar-refractivity contribution is 5.82. The third kappa shape index (κ3) is 2.52. The fourth-order valence-corrected chi connectivity index (χ4v) is 2.45. The van der Waals surface area contributed by atoms with E-state index in [1.54, 1.807) is 17.0 Å². The van der Waals surface area contributed by atoms with Crippen molar-refractivity contribution in [2.45, 2.75) is 25.8 Å². The molecule has 19 heavy (non-hydrogen) atoms. The number of nitrogens with zero attached hydrogens (tertiary/aromatic N) is 2. The summed E-state index contributed by atoms with van der Waals surface area (Å²) in [6.45, 7) is 2.50. The topological polar surface area (TPSA) is 72.7 Å². The normalized spacial score (nSPS) is 18.4. The van der Waals surface area contributed by atoms with Crippen molar-refractivity contribution >= 4 is 17.3 Å². The first-order valence-electron chi connectivity index (χ1n) is 6.14. The zero-order valence-corrected chi connectivity index (χ0v) is 11.0. The van der Waals surface area contributed by atoms with Crippen LogP contribution in [0.1, 0.15) is 18.4 Å². The number of ether oxygens (including phenoxy) is 1. The number of esters is 1. The molecular formula is C13H16N2O4. The standard InChI is InChI=1S/C13H16N2O4/c1-9-5-6-10(15(17)18)12(8-9)14-7-3-4-11(14)13(16)19-2/h5-6,8,11H,3-4,7H2,1-2H3. The van der Waals surface area contributed by atoms with Crippen LogP contribution in [0, 0.1) is 17.0 Å². The Hall–Kier alpha value is -2.11. The Kier molecular flexibility index (Phi) is 3.69. The number of nitro benzene ring substituents is 1. The van der Waals surface area contributed by atoms with Gasteiger partial charge in [-0.2, -0.15) is 0 Å². The number of hydrogen-bond acceptors (Lipinski definition) is 5. The lowest BCUT2D eigenvalue weighted by atomic mass is 10.1. The first kappa shape index (κ1) is 13.3. The van der Waals surface area contributed by atoms with Crippen molar-refractivity contribution in [2.75, 3.05) is 18.6 Å². The van der Waals surface area contributed by atoms with Crippen LogP contribution in [0.2, 0.25) is 0 Å². The highest BCUT2D eigenvalue weighted by atomic mass is 16.6. The van der Waals surface area contributed by atoms with Crippen molar-refractivity contribution in [3.8, 4) is 0 Å². The highest BCUT2D eigenvalue weighted by Gasteiger charge is 2.34. The second kappa shape index (κ2) is 5.26. The molecule has 1 aromatic carbocycles. The lowest BCUT2D eigenvalue weighted by Gasteiger charge is -2.24. The van der Waals surface area contributed by atoms with E-state index in [2.05, 4.69) is 0 Å². The van der Waals surface area contributed by atoms with Gasteiger partial charge in [-0.3, -0.25) is 10.1 Å². The highest BCUT2D eigenvalue weighted by Crippen LogP contribution is 2.34. The van der Waals surface area contributed by atoms with Crippen LogP contribution in [0.25, 0.3) is 0 Å². The summed E-state index contributed by atoms with van der Waals surface area (Å²) in [6, 6.07) is 4.51. The van der Waals surface area contributed by atoms with E-state index in [0.29, 0.717) is 18.7 Å². The van der Waals surface area contributed by atoms with Crippen LogP contribution in [0.5, 0.6) is 0 Å². The van der Waals surface area contributed by atoms with Crippen molar-refractivity contribution < 1.29 is 14.5 Å². The fraction of sp³-hybridized carbons (Fsp3) is 0.462. The number of anilines is 1. The zero-order valence-electron chi connectivity index (χ0n) is 11.0. The number of hydrogen-bond donors (Lipinski definition) is 0. The maximum atomic E-state index is 11.7. The first-order chi connectivity index (χ1) is 9.04. The zero-order chi connectivity index (χ0) is 14.0. The summed E-state index contributed by atoms with van der Waals surface area (Å²) in [6.07, 6.45) is 1.49. The van der Waals surface area contributed by atoms with Crippen molar-refractivity contribution in [3.63, 3.8) is 0 Å². The largest absolute Gasteiger partial charge is 0.467 e. The molecule has 102 valence electrons. The van der Waals surface area contributed by atoms with Gasteiger partial charge in [0.2, 0.25) is 0 Å². The molecule has 0 aliphatic carbocycles. The van der Waals surface area contributed by atoms with Gasteiger partial charge in [-0.1, -0.05) is 6.07 Å². The van der Waals surface area contributed by atoms with Gasteiger partial charge in [0, 0.05) is 12.6 Å². The number of carbonyl (C=O) groups excluding carboxylic acids is 1. The van der Waals surface area contributed by atoms with E-state index in [9.17, 15) is 14.9 Å². The third-order valence-corrected chi connectivity index (χ3v) is 3.36. The molecule has 1 heterocycles. The number of aryl methyl sites for hydroxylation is 1. The van der Waals surface area contributed by atoms with Gasteiger partial charge in [-0.05, 0) is 31.4 Å². The van der Waals surface area contributed by atoms with Crippen LogP contribution in [0.3, 0.4) is 0 Å².